The summed E-state index contributed by atoms with van der Waals surface area (Å²) in [5.41, 5.74) is 0.521. The van der Waals surface area contributed by atoms with Crippen LogP contribution in [-0.4, -0.2) is 19.9 Å². The zero-order valence-electron chi connectivity index (χ0n) is 12.1. The van der Waals surface area contributed by atoms with Gasteiger partial charge in [-0.25, -0.2) is 18.1 Å². The lowest BCUT2D eigenvalue weighted by Crippen LogP contribution is -2.25. The maximum atomic E-state index is 12.4. The van der Waals surface area contributed by atoms with E-state index in [1.807, 2.05) is 19.1 Å². The van der Waals surface area contributed by atoms with Gasteiger partial charge in [0.15, 0.2) is 5.03 Å². The van der Waals surface area contributed by atoms with Gasteiger partial charge in [-0.05, 0) is 37.6 Å². The van der Waals surface area contributed by atoms with Gasteiger partial charge in [-0.1, -0.05) is 6.92 Å². The lowest BCUT2D eigenvalue weighted by Gasteiger charge is -2.10. The molecule has 2 aromatic rings. The highest BCUT2D eigenvalue weighted by atomic mass is 32.2. The third kappa shape index (κ3) is 4.03. The Kier molecular flexibility index (Phi) is 5.33. The van der Waals surface area contributed by atoms with E-state index in [4.69, 9.17) is 0 Å². The van der Waals surface area contributed by atoms with Crippen molar-refractivity contribution in [1.29, 1.82) is 0 Å². The molecule has 0 unspecified atom stereocenters. The number of nitrogens with zero attached hydrogens (tertiary/aromatic N) is 1. The molecule has 0 atom stereocenters. The van der Waals surface area contributed by atoms with Crippen molar-refractivity contribution in [2.45, 2.75) is 31.8 Å². The van der Waals surface area contributed by atoms with E-state index in [9.17, 15) is 8.42 Å². The molecule has 2 heterocycles. The highest BCUT2D eigenvalue weighted by molar-refractivity contribution is 7.89. The van der Waals surface area contributed by atoms with Crippen LogP contribution in [0.25, 0.3) is 0 Å². The molecular weight excluding hydrogens is 306 g/mol. The highest BCUT2D eigenvalue weighted by Crippen LogP contribution is 2.20. The second kappa shape index (κ2) is 7.02. The summed E-state index contributed by atoms with van der Waals surface area (Å²) in [6, 6.07) is 7.41. The lowest BCUT2D eigenvalue weighted by molar-refractivity contribution is 0.578. The van der Waals surface area contributed by atoms with Gasteiger partial charge >= 0.3 is 0 Å². The Labute approximate surface area is 129 Å². The molecule has 0 aliphatic heterocycles. The fourth-order valence-electron chi connectivity index (χ4n) is 1.87. The Balaban J connectivity index is 2.14. The first-order valence-electron chi connectivity index (χ1n) is 6.83. The van der Waals surface area contributed by atoms with Crippen molar-refractivity contribution in [1.82, 2.24) is 9.71 Å². The fourth-order valence-corrected chi connectivity index (χ4v) is 3.97. The number of hydrogen-bond acceptors (Lipinski definition) is 5. The van der Waals surface area contributed by atoms with Gasteiger partial charge in [0.1, 0.15) is 0 Å². The third-order valence-corrected chi connectivity index (χ3v) is 5.48. The summed E-state index contributed by atoms with van der Waals surface area (Å²) in [5, 5.41) is 3.06. The van der Waals surface area contributed by atoms with Crippen LogP contribution >= 0.6 is 11.3 Å². The van der Waals surface area contributed by atoms with E-state index >= 15 is 0 Å². The van der Waals surface area contributed by atoms with Gasteiger partial charge in [-0.2, -0.15) is 0 Å². The molecule has 114 valence electrons. The quantitative estimate of drug-likeness (QED) is 0.821. The minimum atomic E-state index is -3.63. The van der Waals surface area contributed by atoms with E-state index in [0.29, 0.717) is 12.2 Å². The van der Waals surface area contributed by atoms with E-state index in [1.54, 1.807) is 23.5 Å². The number of aryl methyl sites for hydroxylation is 1. The van der Waals surface area contributed by atoms with E-state index in [2.05, 4.69) is 21.9 Å². The first-order valence-corrected chi connectivity index (χ1v) is 9.13. The molecule has 21 heavy (non-hydrogen) atoms. The van der Waals surface area contributed by atoms with Crippen LogP contribution in [0.5, 0.6) is 0 Å². The molecule has 2 N–H and O–H groups in total. The first-order chi connectivity index (χ1) is 10.1. The number of rotatable bonds is 7. The van der Waals surface area contributed by atoms with Crippen molar-refractivity contribution in [2.24, 2.45) is 0 Å². The number of aromatic nitrogens is 1. The van der Waals surface area contributed by atoms with Crippen LogP contribution < -0.4 is 10.0 Å². The standard InChI is InChI=1S/C14H19N3O2S2/c1-3-11-7-8-12(20-11)10-17-21(18,19)14-13(15-4-2)6-5-9-16-14/h5-9,15,17H,3-4,10H2,1-2H3. The summed E-state index contributed by atoms with van der Waals surface area (Å²) in [7, 11) is -3.63. The summed E-state index contributed by atoms with van der Waals surface area (Å²) < 4.78 is 27.3. The molecule has 0 saturated carbocycles. The van der Waals surface area contributed by atoms with Crippen molar-refractivity contribution in [3.05, 3.63) is 40.2 Å². The minimum absolute atomic E-state index is 0.0409. The molecule has 7 heteroatoms. The molecule has 2 aromatic heterocycles. The van der Waals surface area contributed by atoms with Gasteiger partial charge in [-0.15, -0.1) is 11.3 Å². The van der Waals surface area contributed by atoms with Gasteiger partial charge in [0.2, 0.25) is 0 Å². The van der Waals surface area contributed by atoms with Crippen molar-refractivity contribution in [2.75, 3.05) is 11.9 Å². The van der Waals surface area contributed by atoms with Crippen LogP contribution in [0.15, 0.2) is 35.5 Å². The molecule has 0 aliphatic carbocycles. The number of nitrogens with one attached hydrogen (secondary N) is 2. The van der Waals surface area contributed by atoms with E-state index in [1.165, 1.54) is 11.1 Å². The van der Waals surface area contributed by atoms with Gasteiger partial charge in [-0.3, -0.25) is 0 Å². The molecule has 2 rings (SSSR count). The minimum Gasteiger partial charge on any atom is -0.383 e. The van der Waals surface area contributed by atoms with Crippen LogP contribution in [0.2, 0.25) is 0 Å². The molecule has 0 saturated heterocycles. The summed E-state index contributed by atoms with van der Waals surface area (Å²) in [5.74, 6) is 0. The molecule has 0 aliphatic rings. The summed E-state index contributed by atoms with van der Waals surface area (Å²) in [6.07, 6.45) is 2.44. The van der Waals surface area contributed by atoms with E-state index < -0.39 is 10.0 Å². The Morgan fingerprint density at radius 3 is 2.62 bits per heavy atom. The van der Waals surface area contributed by atoms with Gasteiger partial charge in [0.25, 0.3) is 10.0 Å². The summed E-state index contributed by atoms with van der Waals surface area (Å²) in [4.78, 5) is 6.24. The molecule has 0 spiro atoms. The van der Waals surface area contributed by atoms with Gasteiger partial charge in [0.05, 0.1) is 5.69 Å². The molecule has 0 amide bonds. The van der Waals surface area contributed by atoms with Crippen molar-refractivity contribution >= 4 is 27.0 Å². The topological polar surface area (TPSA) is 71.1 Å². The number of hydrogen-bond donors (Lipinski definition) is 2. The summed E-state index contributed by atoms with van der Waals surface area (Å²) >= 11 is 1.62. The molecular formula is C14H19N3O2S2. The van der Waals surface area contributed by atoms with Crippen LogP contribution in [0.4, 0.5) is 5.69 Å². The predicted octanol–water partition coefficient (Wildman–Crippen LogP) is 2.62. The van der Waals surface area contributed by atoms with Crippen LogP contribution in [0.1, 0.15) is 23.6 Å². The van der Waals surface area contributed by atoms with Crippen LogP contribution in [0, 0.1) is 0 Å². The number of thiophene rings is 1. The fraction of sp³-hybridized carbons (Fsp3) is 0.357. The average molecular weight is 325 g/mol. The second-order valence-electron chi connectivity index (χ2n) is 4.43. The van der Waals surface area contributed by atoms with E-state index in [0.717, 1.165) is 11.3 Å². The maximum absolute atomic E-state index is 12.4. The number of sulfonamides is 1. The van der Waals surface area contributed by atoms with Crippen LogP contribution in [0.3, 0.4) is 0 Å². The maximum Gasteiger partial charge on any atom is 0.260 e. The largest absolute Gasteiger partial charge is 0.383 e. The Morgan fingerprint density at radius 2 is 1.95 bits per heavy atom. The lowest BCUT2D eigenvalue weighted by atomic mass is 10.4. The van der Waals surface area contributed by atoms with Crippen molar-refractivity contribution < 1.29 is 8.42 Å². The van der Waals surface area contributed by atoms with Crippen LogP contribution in [-0.2, 0) is 23.0 Å². The van der Waals surface area contributed by atoms with E-state index in [-0.39, 0.29) is 11.6 Å². The number of anilines is 1. The Hall–Kier alpha value is -1.44. The molecule has 0 bridgehead atoms. The zero-order valence-corrected chi connectivity index (χ0v) is 13.7. The molecule has 0 aromatic carbocycles. The average Bonchev–Trinajstić information content (AvgIpc) is 2.94. The summed E-state index contributed by atoms with van der Waals surface area (Å²) in [6.45, 7) is 4.92. The Morgan fingerprint density at radius 1 is 1.19 bits per heavy atom. The van der Waals surface area contributed by atoms with Gasteiger partial charge in [0, 0.05) is 29.0 Å². The normalized spacial score (nSPS) is 11.5. The smallest absolute Gasteiger partial charge is 0.260 e. The number of pyridine rings is 1. The predicted molar refractivity (Wildman–Crippen MR) is 86.1 cm³/mol. The molecule has 0 fully saturated rings. The van der Waals surface area contributed by atoms with Crippen molar-refractivity contribution in [3.63, 3.8) is 0 Å². The third-order valence-electron chi connectivity index (χ3n) is 2.90. The SMILES string of the molecule is CCNc1cccnc1S(=O)(=O)NCc1ccc(CC)s1. The molecule has 0 radical (unpaired) electrons. The zero-order chi connectivity index (χ0) is 15.3. The molecule has 5 nitrogen and oxygen atoms in total. The van der Waals surface area contributed by atoms with Crippen molar-refractivity contribution in [3.8, 4) is 0 Å². The highest BCUT2D eigenvalue weighted by Gasteiger charge is 2.19. The van der Waals surface area contributed by atoms with Gasteiger partial charge < -0.3 is 5.32 Å². The first kappa shape index (κ1) is 15.9. The second-order valence-corrected chi connectivity index (χ2v) is 7.37. The Bertz CT molecular complexity index is 696. The monoisotopic (exact) mass is 325 g/mol.